The van der Waals surface area contributed by atoms with Gasteiger partial charge in [-0.15, -0.1) is 0 Å². The average molecular weight is 320 g/mol. The molecule has 2 aromatic rings. The van der Waals surface area contributed by atoms with Crippen molar-refractivity contribution in [2.75, 3.05) is 5.32 Å². The van der Waals surface area contributed by atoms with E-state index in [2.05, 4.69) is 21.2 Å². The van der Waals surface area contributed by atoms with Gasteiger partial charge in [0.25, 0.3) is 5.91 Å². The van der Waals surface area contributed by atoms with Crippen LogP contribution in [-0.2, 0) is 16.9 Å². The Morgan fingerprint density at radius 3 is 2.53 bits per heavy atom. The summed E-state index contributed by atoms with van der Waals surface area (Å²) in [5.74, 6) is -0.586. The van der Waals surface area contributed by atoms with Gasteiger partial charge in [0.1, 0.15) is 0 Å². The summed E-state index contributed by atoms with van der Waals surface area (Å²) < 4.78 is 16.0. The van der Waals surface area contributed by atoms with Gasteiger partial charge >= 0.3 is 0 Å². The fourth-order valence-electron chi connectivity index (χ4n) is 2.34. The second-order valence-corrected chi connectivity index (χ2v) is 5.52. The third-order valence-electron chi connectivity index (χ3n) is 3.32. The summed E-state index contributed by atoms with van der Waals surface area (Å²) in [6, 6.07) is 14.2. The van der Waals surface area contributed by atoms with Crippen LogP contribution in [-0.4, -0.2) is 5.91 Å². The van der Waals surface area contributed by atoms with E-state index in [4.69, 9.17) is 0 Å². The van der Waals surface area contributed by atoms with Crippen molar-refractivity contribution < 1.29 is 9.18 Å². The van der Waals surface area contributed by atoms with E-state index in [0.717, 1.165) is 10.0 Å². The number of halogens is 2. The molecule has 0 aromatic heterocycles. The Kier molecular flexibility index (Phi) is 2.90. The van der Waals surface area contributed by atoms with Gasteiger partial charge in [-0.1, -0.05) is 46.3 Å². The minimum Gasteiger partial charge on any atom is -0.323 e. The van der Waals surface area contributed by atoms with Gasteiger partial charge in [0.2, 0.25) is 5.67 Å². The minimum absolute atomic E-state index is 0.0448. The molecule has 3 rings (SSSR count). The molecule has 1 heterocycles. The molecule has 96 valence electrons. The number of benzene rings is 2. The number of hydrogen-bond donors (Lipinski definition) is 1. The third kappa shape index (κ3) is 2.06. The SMILES string of the molecule is O=C1Nc2ccccc2C1(F)Cc1ccc(Br)cc1. The van der Waals surface area contributed by atoms with Gasteiger partial charge in [0, 0.05) is 22.1 Å². The lowest BCUT2D eigenvalue weighted by atomic mass is 9.90. The van der Waals surface area contributed by atoms with Crippen LogP contribution in [0.4, 0.5) is 10.1 Å². The first-order valence-electron chi connectivity index (χ1n) is 5.94. The molecule has 2 nitrogen and oxygen atoms in total. The fourth-order valence-corrected chi connectivity index (χ4v) is 2.60. The molecule has 0 fully saturated rings. The zero-order valence-electron chi connectivity index (χ0n) is 9.99. The highest BCUT2D eigenvalue weighted by Gasteiger charge is 2.47. The summed E-state index contributed by atoms with van der Waals surface area (Å²) in [6.07, 6.45) is 0.0448. The molecule has 0 bridgehead atoms. The molecule has 0 radical (unpaired) electrons. The molecule has 1 atom stereocenters. The van der Waals surface area contributed by atoms with Gasteiger partial charge in [0.05, 0.1) is 0 Å². The van der Waals surface area contributed by atoms with Gasteiger partial charge < -0.3 is 5.32 Å². The van der Waals surface area contributed by atoms with Crippen LogP contribution >= 0.6 is 15.9 Å². The molecule has 4 heteroatoms. The van der Waals surface area contributed by atoms with Crippen LogP contribution in [0, 0.1) is 0 Å². The first-order chi connectivity index (χ1) is 9.09. The smallest absolute Gasteiger partial charge is 0.267 e. The van der Waals surface area contributed by atoms with E-state index in [1.807, 2.05) is 24.3 Å². The van der Waals surface area contributed by atoms with Gasteiger partial charge in [-0.25, -0.2) is 4.39 Å². The molecule has 0 saturated heterocycles. The molecule has 0 aliphatic carbocycles. The summed E-state index contributed by atoms with van der Waals surface area (Å²) in [4.78, 5) is 11.9. The van der Waals surface area contributed by atoms with Gasteiger partial charge in [-0.2, -0.15) is 0 Å². The lowest BCUT2D eigenvalue weighted by Crippen LogP contribution is -2.31. The highest BCUT2D eigenvalue weighted by Crippen LogP contribution is 2.41. The normalized spacial score (nSPS) is 21.1. The Morgan fingerprint density at radius 1 is 1.11 bits per heavy atom. The van der Waals surface area contributed by atoms with E-state index in [-0.39, 0.29) is 6.42 Å². The van der Waals surface area contributed by atoms with Gasteiger partial charge in [0.15, 0.2) is 0 Å². The number of rotatable bonds is 2. The predicted octanol–water partition coefficient (Wildman–Crippen LogP) is 3.81. The van der Waals surface area contributed by atoms with E-state index in [1.54, 1.807) is 24.3 Å². The standard InChI is InChI=1S/C15H11BrFNO/c16-11-7-5-10(6-8-11)9-15(17)12-3-1-2-4-13(12)18-14(15)19/h1-8H,9H2,(H,18,19). The zero-order valence-corrected chi connectivity index (χ0v) is 11.6. The van der Waals surface area contributed by atoms with Crippen molar-refractivity contribution in [3.05, 3.63) is 64.1 Å². The van der Waals surface area contributed by atoms with Crippen molar-refractivity contribution in [3.8, 4) is 0 Å². The van der Waals surface area contributed by atoms with Crippen LogP contribution in [0.25, 0.3) is 0 Å². The monoisotopic (exact) mass is 319 g/mol. The number of alkyl halides is 1. The van der Waals surface area contributed by atoms with Crippen LogP contribution in [0.2, 0.25) is 0 Å². The van der Waals surface area contributed by atoms with E-state index >= 15 is 4.39 Å². The molecule has 1 amide bonds. The maximum Gasteiger partial charge on any atom is 0.267 e. The first-order valence-corrected chi connectivity index (χ1v) is 6.73. The first kappa shape index (κ1) is 12.4. The van der Waals surface area contributed by atoms with Crippen LogP contribution in [0.3, 0.4) is 0 Å². The van der Waals surface area contributed by atoms with Crippen LogP contribution < -0.4 is 5.32 Å². The second-order valence-electron chi connectivity index (χ2n) is 4.60. The quantitative estimate of drug-likeness (QED) is 0.896. The summed E-state index contributed by atoms with van der Waals surface area (Å²) >= 11 is 3.34. The van der Waals surface area contributed by atoms with E-state index in [1.165, 1.54) is 0 Å². The van der Waals surface area contributed by atoms with Crippen molar-refractivity contribution in [2.24, 2.45) is 0 Å². The van der Waals surface area contributed by atoms with Crippen LogP contribution in [0.15, 0.2) is 53.0 Å². The van der Waals surface area contributed by atoms with Crippen LogP contribution in [0.1, 0.15) is 11.1 Å². The largest absolute Gasteiger partial charge is 0.323 e. The second kappa shape index (κ2) is 4.46. The highest BCUT2D eigenvalue weighted by atomic mass is 79.9. The molecule has 0 spiro atoms. The molecule has 1 aliphatic heterocycles. The molecule has 1 unspecified atom stereocenters. The summed E-state index contributed by atoms with van der Waals surface area (Å²) in [6.45, 7) is 0. The van der Waals surface area contributed by atoms with E-state index in [9.17, 15) is 4.79 Å². The topological polar surface area (TPSA) is 29.1 Å². The Hall–Kier alpha value is -1.68. The van der Waals surface area contributed by atoms with Crippen molar-refractivity contribution in [1.29, 1.82) is 0 Å². The van der Waals surface area contributed by atoms with Gasteiger partial charge in [-0.05, 0) is 23.8 Å². The molecular formula is C15H11BrFNO. The Balaban J connectivity index is 1.99. The Morgan fingerprint density at radius 2 is 1.79 bits per heavy atom. The number of fused-ring (bicyclic) bond motifs is 1. The lowest BCUT2D eigenvalue weighted by Gasteiger charge is -2.17. The molecular weight excluding hydrogens is 309 g/mol. The number of nitrogens with one attached hydrogen (secondary N) is 1. The highest BCUT2D eigenvalue weighted by molar-refractivity contribution is 9.10. The fraction of sp³-hybridized carbons (Fsp3) is 0.133. The summed E-state index contributed by atoms with van der Waals surface area (Å²) in [5, 5.41) is 2.60. The van der Waals surface area contributed by atoms with Crippen LogP contribution in [0.5, 0.6) is 0 Å². The van der Waals surface area contributed by atoms with Crippen molar-refractivity contribution in [2.45, 2.75) is 12.1 Å². The number of carbonyl (C=O) groups excluding carboxylic acids is 1. The summed E-state index contributed by atoms with van der Waals surface area (Å²) in [5.41, 5.74) is -0.211. The van der Waals surface area contributed by atoms with Crippen molar-refractivity contribution >= 4 is 27.5 Å². The van der Waals surface area contributed by atoms with Crippen molar-refractivity contribution in [1.82, 2.24) is 0 Å². The van der Waals surface area contributed by atoms with Gasteiger partial charge in [-0.3, -0.25) is 4.79 Å². The molecule has 0 saturated carbocycles. The maximum atomic E-state index is 15.1. The molecule has 1 N–H and O–H groups in total. The zero-order chi connectivity index (χ0) is 13.5. The van der Waals surface area contributed by atoms with E-state index in [0.29, 0.717) is 11.3 Å². The number of amides is 1. The number of hydrogen-bond acceptors (Lipinski definition) is 1. The molecule has 2 aromatic carbocycles. The lowest BCUT2D eigenvalue weighted by molar-refractivity contribution is -0.126. The number of anilines is 1. The van der Waals surface area contributed by atoms with Crippen molar-refractivity contribution in [3.63, 3.8) is 0 Å². The Bertz CT molecular complexity index is 641. The summed E-state index contributed by atoms with van der Waals surface area (Å²) in [7, 11) is 0. The average Bonchev–Trinajstić information content (AvgIpc) is 2.65. The maximum absolute atomic E-state index is 15.1. The number of carbonyl (C=O) groups is 1. The third-order valence-corrected chi connectivity index (χ3v) is 3.85. The molecule has 19 heavy (non-hydrogen) atoms. The van der Waals surface area contributed by atoms with E-state index < -0.39 is 11.6 Å². The predicted molar refractivity (Wildman–Crippen MR) is 75.7 cm³/mol. The minimum atomic E-state index is -1.98. The molecule has 1 aliphatic rings. The Labute approximate surface area is 118 Å². The number of para-hydroxylation sites is 1.